The Bertz CT molecular complexity index is 731. The molecule has 3 rings (SSSR count). The summed E-state index contributed by atoms with van der Waals surface area (Å²) in [5.41, 5.74) is 1.85. The van der Waals surface area contributed by atoms with Crippen molar-refractivity contribution in [3.63, 3.8) is 0 Å². The average Bonchev–Trinajstić information content (AvgIpc) is 2.71. The lowest BCUT2D eigenvalue weighted by Gasteiger charge is -2.39. The maximum absolute atomic E-state index is 10.0. The smallest absolute Gasteiger partial charge is 0.229 e. The van der Waals surface area contributed by atoms with E-state index < -0.39 is 37.3 Å². The minimum Gasteiger partial charge on any atom is -0.508 e. The van der Waals surface area contributed by atoms with Gasteiger partial charge in [0, 0.05) is 0 Å². The van der Waals surface area contributed by atoms with Crippen molar-refractivity contribution < 1.29 is 39.7 Å². The maximum atomic E-state index is 10.0. The van der Waals surface area contributed by atoms with Crippen LogP contribution in [0.25, 0.3) is 0 Å². The summed E-state index contributed by atoms with van der Waals surface area (Å²) in [6.45, 7) is 0.271. The Morgan fingerprint density at radius 2 is 1.36 bits per heavy atom. The van der Waals surface area contributed by atoms with Crippen LogP contribution in [-0.4, -0.2) is 62.8 Å². The van der Waals surface area contributed by atoms with Gasteiger partial charge in [-0.3, -0.25) is 0 Å². The van der Waals surface area contributed by atoms with Crippen molar-refractivity contribution >= 4 is 0 Å². The summed E-state index contributed by atoms with van der Waals surface area (Å²) in [5, 5.41) is 48.0. The highest BCUT2D eigenvalue weighted by molar-refractivity contribution is 5.27. The monoisotopic (exact) mass is 392 g/mol. The summed E-state index contributed by atoms with van der Waals surface area (Å²) in [7, 11) is 0. The number of benzene rings is 2. The Morgan fingerprint density at radius 3 is 1.93 bits per heavy atom. The highest BCUT2D eigenvalue weighted by atomic mass is 16.7. The van der Waals surface area contributed by atoms with Crippen LogP contribution in [0, 0.1) is 0 Å². The van der Waals surface area contributed by atoms with Crippen molar-refractivity contribution in [3.8, 4) is 11.5 Å². The predicted molar refractivity (Wildman–Crippen MR) is 97.4 cm³/mol. The van der Waals surface area contributed by atoms with Gasteiger partial charge in [0.15, 0.2) is 0 Å². The topological polar surface area (TPSA) is 129 Å². The molecule has 0 saturated carbocycles. The molecule has 28 heavy (non-hydrogen) atoms. The highest BCUT2D eigenvalue weighted by Gasteiger charge is 2.44. The van der Waals surface area contributed by atoms with E-state index in [4.69, 9.17) is 14.2 Å². The fourth-order valence-corrected chi connectivity index (χ4v) is 2.84. The van der Waals surface area contributed by atoms with Crippen molar-refractivity contribution in [1.82, 2.24) is 0 Å². The third kappa shape index (κ3) is 4.99. The van der Waals surface area contributed by atoms with E-state index in [-0.39, 0.29) is 5.75 Å². The molecular formula is C20H24O8. The molecule has 2 aromatic carbocycles. The molecular weight excluding hydrogens is 368 g/mol. The van der Waals surface area contributed by atoms with Gasteiger partial charge in [0.05, 0.1) is 19.8 Å². The van der Waals surface area contributed by atoms with Crippen LogP contribution in [0.15, 0.2) is 48.5 Å². The molecule has 1 heterocycles. The van der Waals surface area contributed by atoms with Crippen molar-refractivity contribution in [2.24, 2.45) is 0 Å². The van der Waals surface area contributed by atoms with Gasteiger partial charge >= 0.3 is 0 Å². The number of hydrogen-bond acceptors (Lipinski definition) is 8. The largest absolute Gasteiger partial charge is 0.508 e. The third-order valence-electron chi connectivity index (χ3n) is 4.50. The minimum absolute atomic E-state index is 0.207. The van der Waals surface area contributed by atoms with Crippen molar-refractivity contribution in [2.75, 3.05) is 6.61 Å². The number of ether oxygens (including phenoxy) is 3. The lowest BCUT2D eigenvalue weighted by molar-refractivity contribution is -0.277. The predicted octanol–water partition coefficient (Wildman–Crippen LogP) is 0.288. The summed E-state index contributed by atoms with van der Waals surface area (Å²) in [6.07, 6.45) is -6.59. The Balaban J connectivity index is 1.51. The van der Waals surface area contributed by atoms with E-state index in [0.717, 1.165) is 11.1 Å². The molecule has 5 atom stereocenters. The Hall–Kier alpha value is -2.20. The van der Waals surface area contributed by atoms with Crippen molar-refractivity contribution in [1.29, 1.82) is 0 Å². The summed E-state index contributed by atoms with van der Waals surface area (Å²) in [4.78, 5) is 0. The molecule has 0 amide bonds. The fourth-order valence-electron chi connectivity index (χ4n) is 2.84. The lowest BCUT2D eigenvalue weighted by Crippen LogP contribution is -2.60. The van der Waals surface area contributed by atoms with Gasteiger partial charge < -0.3 is 39.7 Å². The average molecular weight is 392 g/mol. The van der Waals surface area contributed by atoms with Crippen LogP contribution < -0.4 is 4.74 Å². The Labute approximate surface area is 162 Å². The number of hydrogen-bond donors (Lipinski definition) is 5. The number of phenols is 1. The van der Waals surface area contributed by atoms with Gasteiger partial charge in [-0.15, -0.1) is 0 Å². The van der Waals surface area contributed by atoms with Gasteiger partial charge in [-0.05, 0) is 35.4 Å². The van der Waals surface area contributed by atoms with E-state index in [9.17, 15) is 25.5 Å². The van der Waals surface area contributed by atoms with Crippen LogP contribution in [0.3, 0.4) is 0 Å². The number of aliphatic hydroxyl groups is 4. The molecule has 0 bridgehead atoms. The molecule has 1 fully saturated rings. The minimum atomic E-state index is -1.48. The van der Waals surface area contributed by atoms with E-state index in [0.29, 0.717) is 19.0 Å². The first-order valence-electron chi connectivity index (χ1n) is 8.89. The summed E-state index contributed by atoms with van der Waals surface area (Å²) in [5.74, 6) is 0.602. The summed E-state index contributed by atoms with van der Waals surface area (Å²) in [6, 6.07) is 13.7. The van der Waals surface area contributed by atoms with E-state index >= 15 is 0 Å². The molecule has 1 saturated heterocycles. The number of aromatic hydroxyl groups is 1. The van der Waals surface area contributed by atoms with Crippen molar-refractivity contribution in [2.45, 2.75) is 43.9 Å². The SMILES string of the molecule is OCC1OC(Oc2ccc(COCc3ccc(O)cc3)cc2)C(O)C(O)C1O. The van der Waals surface area contributed by atoms with Crippen LogP contribution in [0.4, 0.5) is 0 Å². The zero-order chi connectivity index (χ0) is 20.1. The van der Waals surface area contributed by atoms with Crippen molar-refractivity contribution in [3.05, 3.63) is 59.7 Å². The first-order valence-corrected chi connectivity index (χ1v) is 8.89. The molecule has 8 heteroatoms. The molecule has 0 aliphatic carbocycles. The third-order valence-corrected chi connectivity index (χ3v) is 4.50. The molecule has 0 spiro atoms. The molecule has 5 N–H and O–H groups in total. The lowest BCUT2D eigenvalue weighted by atomic mass is 9.99. The number of phenolic OH excluding ortho intramolecular Hbond substituents is 1. The van der Waals surface area contributed by atoms with E-state index in [1.807, 2.05) is 0 Å². The molecule has 8 nitrogen and oxygen atoms in total. The van der Waals surface area contributed by atoms with Gasteiger partial charge in [-0.25, -0.2) is 0 Å². The van der Waals surface area contributed by atoms with Gasteiger partial charge in [-0.2, -0.15) is 0 Å². The van der Waals surface area contributed by atoms with Gasteiger partial charge in [0.25, 0.3) is 0 Å². The zero-order valence-corrected chi connectivity index (χ0v) is 15.1. The maximum Gasteiger partial charge on any atom is 0.229 e. The van der Waals surface area contributed by atoms with Crippen LogP contribution in [0.1, 0.15) is 11.1 Å². The molecule has 5 unspecified atom stereocenters. The standard InChI is InChI=1S/C20H24O8/c21-9-16-17(23)18(24)19(25)20(28-16)27-15-7-3-13(4-8-15)11-26-10-12-1-5-14(22)6-2-12/h1-8,16-25H,9-11H2. The second-order valence-corrected chi connectivity index (χ2v) is 6.62. The Kier molecular flexibility index (Phi) is 6.84. The van der Waals surface area contributed by atoms with Crippen LogP contribution >= 0.6 is 0 Å². The molecule has 152 valence electrons. The summed E-state index contributed by atoms with van der Waals surface area (Å²) >= 11 is 0. The number of aliphatic hydroxyl groups excluding tert-OH is 4. The normalized spacial score (nSPS) is 27.5. The Morgan fingerprint density at radius 1 is 0.786 bits per heavy atom. The summed E-state index contributed by atoms with van der Waals surface area (Å²) < 4.78 is 16.5. The van der Waals surface area contributed by atoms with Gasteiger partial charge in [0.1, 0.15) is 35.9 Å². The molecule has 0 radical (unpaired) electrons. The second-order valence-electron chi connectivity index (χ2n) is 6.62. The first-order chi connectivity index (χ1) is 13.5. The number of rotatable bonds is 7. The quantitative estimate of drug-likeness (QED) is 0.455. The molecule has 0 aromatic heterocycles. The van der Waals surface area contributed by atoms with Crippen LogP contribution in [-0.2, 0) is 22.7 Å². The van der Waals surface area contributed by atoms with Gasteiger partial charge in [-0.1, -0.05) is 24.3 Å². The van der Waals surface area contributed by atoms with Gasteiger partial charge in [0.2, 0.25) is 6.29 Å². The van der Waals surface area contributed by atoms with E-state index in [1.54, 1.807) is 48.5 Å². The highest BCUT2D eigenvalue weighted by Crippen LogP contribution is 2.24. The van der Waals surface area contributed by atoms with Crippen LogP contribution in [0.5, 0.6) is 11.5 Å². The first kappa shape index (κ1) is 20.5. The molecule has 2 aromatic rings. The zero-order valence-electron chi connectivity index (χ0n) is 15.1. The second kappa shape index (κ2) is 9.33. The fraction of sp³-hybridized carbons (Fsp3) is 0.400. The van der Waals surface area contributed by atoms with E-state index in [1.165, 1.54) is 0 Å². The molecule has 1 aliphatic heterocycles. The van der Waals surface area contributed by atoms with Crippen LogP contribution in [0.2, 0.25) is 0 Å². The molecule has 1 aliphatic rings. The van der Waals surface area contributed by atoms with E-state index in [2.05, 4.69) is 0 Å².